The second-order valence-electron chi connectivity index (χ2n) is 7.43. The van der Waals surface area contributed by atoms with Crippen LogP contribution in [0.25, 0.3) is 11.8 Å². The van der Waals surface area contributed by atoms with Crippen molar-refractivity contribution in [2.75, 3.05) is 19.6 Å². The van der Waals surface area contributed by atoms with Gasteiger partial charge < -0.3 is 10.2 Å². The fourth-order valence-electron chi connectivity index (χ4n) is 3.58. The summed E-state index contributed by atoms with van der Waals surface area (Å²) in [6.45, 7) is 4.34. The van der Waals surface area contributed by atoms with E-state index in [0.717, 1.165) is 27.8 Å². The molecule has 0 saturated carbocycles. The van der Waals surface area contributed by atoms with Crippen LogP contribution in [0.15, 0.2) is 60.0 Å². The van der Waals surface area contributed by atoms with Crippen LogP contribution in [0.5, 0.6) is 0 Å². The smallest absolute Gasteiger partial charge is 0.293 e. The molecule has 7 nitrogen and oxygen atoms in total. The van der Waals surface area contributed by atoms with Crippen molar-refractivity contribution in [1.29, 1.82) is 0 Å². The number of nitrogens with one attached hydrogen (secondary N) is 1. The van der Waals surface area contributed by atoms with Gasteiger partial charge in [0, 0.05) is 47.9 Å². The van der Waals surface area contributed by atoms with Crippen molar-refractivity contribution in [3.05, 3.63) is 81.7 Å². The zero-order chi connectivity index (χ0) is 23.5. The van der Waals surface area contributed by atoms with E-state index < -0.39 is 5.91 Å². The van der Waals surface area contributed by atoms with E-state index in [1.165, 1.54) is 4.90 Å². The minimum absolute atomic E-state index is 0.0646. The molecule has 1 saturated heterocycles. The van der Waals surface area contributed by atoms with E-state index in [0.29, 0.717) is 21.2 Å². The van der Waals surface area contributed by atoms with Crippen molar-refractivity contribution in [1.82, 2.24) is 15.1 Å². The summed E-state index contributed by atoms with van der Waals surface area (Å²) < 4.78 is 0. The minimum atomic E-state index is -0.397. The molecule has 2 aromatic carbocycles. The molecule has 0 spiro atoms. The van der Waals surface area contributed by atoms with Crippen LogP contribution in [0.4, 0.5) is 4.79 Å². The van der Waals surface area contributed by atoms with Crippen LogP contribution < -0.4 is 5.32 Å². The lowest BCUT2D eigenvalue weighted by molar-refractivity contribution is -0.124. The molecule has 0 unspecified atom stereocenters. The molecule has 9 heteroatoms. The van der Waals surface area contributed by atoms with Crippen molar-refractivity contribution in [2.45, 2.75) is 6.42 Å². The van der Waals surface area contributed by atoms with Gasteiger partial charge in [0.1, 0.15) is 0 Å². The number of imide groups is 1. The van der Waals surface area contributed by atoms with Crippen LogP contribution >= 0.6 is 23.4 Å². The quantitative estimate of drug-likeness (QED) is 0.604. The van der Waals surface area contributed by atoms with Crippen LogP contribution in [0, 0.1) is 0 Å². The third-order valence-electron chi connectivity index (χ3n) is 5.30. The van der Waals surface area contributed by atoms with E-state index in [1.807, 2.05) is 12.1 Å². The first kappa shape index (κ1) is 22.8. The number of hydrogen-bond acceptors (Lipinski definition) is 5. The zero-order valence-corrected chi connectivity index (χ0v) is 19.1. The number of fused-ring (bicyclic) bond motifs is 1. The first-order valence-corrected chi connectivity index (χ1v) is 11.4. The van der Waals surface area contributed by atoms with Crippen LogP contribution in [-0.4, -0.2) is 52.4 Å². The second kappa shape index (κ2) is 9.64. The molecule has 2 aliphatic rings. The molecule has 1 N–H and O–H groups in total. The maximum absolute atomic E-state index is 12.6. The van der Waals surface area contributed by atoms with E-state index in [2.05, 4.69) is 11.9 Å². The minimum Gasteiger partial charge on any atom is -0.354 e. The van der Waals surface area contributed by atoms with Gasteiger partial charge in [-0.05, 0) is 41.6 Å². The number of benzene rings is 2. The van der Waals surface area contributed by atoms with Gasteiger partial charge in [0.05, 0.1) is 4.91 Å². The zero-order valence-electron chi connectivity index (χ0n) is 17.5. The lowest BCUT2D eigenvalue weighted by atomic mass is 10.1. The average molecular weight is 482 g/mol. The van der Waals surface area contributed by atoms with Crippen molar-refractivity contribution < 1.29 is 19.2 Å². The molecule has 2 heterocycles. The number of amides is 4. The fraction of sp³-hybridized carbons (Fsp3) is 0.167. The highest BCUT2D eigenvalue weighted by atomic mass is 35.5. The van der Waals surface area contributed by atoms with E-state index in [9.17, 15) is 19.2 Å². The number of halogens is 1. The molecular weight excluding hydrogens is 462 g/mol. The van der Waals surface area contributed by atoms with Gasteiger partial charge in [-0.25, -0.2) is 0 Å². The highest BCUT2D eigenvalue weighted by Crippen LogP contribution is 2.32. The van der Waals surface area contributed by atoms with Crippen LogP contribution in [0.1, 0.15) is 27.9 Å². The summed E-state index contributed by atoms with van der Waals surface area (Å²) in [4.78, 5) is 52.5. The van der Waals surface area contributed by atoms with Gasteiger partial charge in [0.15, 0.2) is 0 Å². The summed E-state index contributed by atoms with van der Waals surface area (Å²) in [6.07, 6.45) is 1.72. The summed E-state index contributed by atoms with van der Waals surface area (Å²) in [5, 5.41) is 2.90. The average Bonchev–Trinajstić information content (AvgIpc) is 3.21. The summed E-state index contributed by atoms with van der Waals surface area (Å²) >= 11 is 6.73. The predicted octanol–water partition coefficient (Wildman–Crippen LogP) is 4.01. The van der Waals surface area contributed by atoms with Crippen LogP contribution in [0.2, 0.25) is 5.02 Å². The molecule has 4 rings (SSSR count). The van der Waals surface area contributed by atoms with Gasteiger partial charge >= 0.3 is 0 Å². The summed E-state index contributed by atoms with van der Waals surface area (Å²) in [5.41, 5.74) is 2.69. The molecule has 2 aliphatic heterocycles. The maximum atomic E-state index is 12.6. The number of nitrogens with zero attached hydrogens (tertiary/aromatic N) is 2. The van der Waals surface area contributed by atoms with E-state index in [-0.39, 0.29) is 43.1 Å². The SMILES string of the molecule is C=C1c2ccccc2C(=O)N1CCC(=O)NCCN1C(=O)SC(=Cc2ccc(Cl)cc2)C1=O. The lowest BCUT2D eigenvalue weighted by Crippen LogP contribution is -2.38. The van der Waals surface area contributed by atoms with Gasteiger partial charge in [-0.1, -0.05) is 48.5 Å². The highest BCUT2D eigenvalue weighted by Gasteiger charge is 2.35. The summed E-state index contributed by atoms with van der Waals surface area (Å²) in [6, 6.07) is 14.1. The van der Waals surface area contributed by atoms with E-state index in [1.54, 1.807) is 42.5 Å². The molecule has 0 aromatic heterocycles. The number of rotatable bonds is 7. The summed E-state index contributed by atoms with van der Waals surface area (Å²) in [5.74, 6) is -0.852. The number of thioether (sulfide) groups is 1. The van der Waals surface area contributed by atoms with Gasteiger partial charge in [-0.3, -0.25) is 24.1 Å². The Hall–Kier alpha value is -3.36. The summed E-state index contributed by atoms with van der Waals surface area (Å²) in [7, 11) is 0. The molecular formula is C24H20ClN3O4S. The molecule has 0 radical (unpaired) electrons. The maximum Gasteiger partial charge on any atom is 0.293 e. The second-order valence-corrected chi connectivity index (χ2v) is 8.86. The third-order valence-corrected chi connectivity index (χ3v) is 6.46. The van der Waals surface area contributed by atoms with Gasteiger partial charge in [-0.15, -0.1) is 0 Å². The van der Waals surface area contributed by atoms with Crippen LogP contribution in [0.3, 0.4) is 0 Å². The largest absolute Gasteiger partial charge is 0.354 e. The first-order valence-electron chi connectivity index (χ1n) is 10.2. The molecule has 4 amide bonds. The monoisotopic (exact) mass is 481 g/mol. The standard InChI is InChI=1S/C24H20ClN3O4S/c1-15-18-4-2-3-5-19(18)22(30)27(15)12-10-21(29)26-11-13-28-23(31)20(33-24(28)32)14-16-6-8-17(25)9-7-16/h2-9,14H,1,10-13H2,(H,26,29). The van der Waals surface area contributed by atoms with Crippen molar-refractivity contribution in [3.8, 4) is 0 Å². The number of hydrogen-bond donors (Lipinski definition) is 1. The molecule has 168 valence electrons. The van der Waals surface area contributed by atoms with E-state index in [4.69, 9.17) is 11.6 Å². The Morgan fingerprint density at radius 2 is 1.67 bits per heavy atom. The Morgan fingerprint density at radius 1 is 0.970 bits per heavy atom. The Morgan fingerprint density at radius 3 is 2.36 bits per heavy atom. The van der Waals surface area contributed by atoms with Crippen molar-refractivity contribution >= 4 is 58.1 Å². The first-order chi connectivity index (χ1) is 15.8. The molecule has 0 bridgehead atoms. The van der Waals surface area contributed by atoms with Gasteiger partial charge in [0.2, 0.25) is 5.91 Å². The lowest BCUT2D eigenvalue weighted by Gasteiger charge is -2.17. The third kappa shape index (κ3) is 4.86. The number of carbonyl (C=O) groups is 4. The Bertz CT molecular complexity index is 1160. The number of carbonyl (C=O) groups excluding carboxylic acids is 4. The van der Waals surface area contributed by atoms with Crippen molar-refractivity contribution in [3.63, 3.8) is 0 Å². The molecule has 1 fully saturated rings. The van der Waals surface area contributed by atoms with Gasteiger partial charge in [-0.2, -0.15) is 0 Å². The van der Waals surface area contributed by atoms with Crippen LogP contribution in [-0.2, 0) is 9.59 Å². The molecule has 33 heavy (non-hydrogen) atoms. The Balaban J connectivity index is 1.25. The van der Waals surface area contributed by atoms with E-state index >= 15 is 0 Å². The molecule has 2 aromatic rings. The highest BCUT2D eigenvalue weighted by molar-refractivity contribution is 8.18. The topological polar surface area (TPSA) is 86.8 Å². The normalized spacial score (nSPS) is 16.7. The molecule has 0 atom stereocenters. The van der Waals surface area contributed by atoms with Gasteiger partial charge in [0.25, 0.3) is 17.1 Å². The fourth-order valence-corrected chi connectivity index (χ4v) is 4.57. The predicted molar refractivity (Wildman–Crippen MR) is 128 cm³/mol. The molecule has 0 aliphatic carbocycles. The van der Waals surface area contributed by atoms with Crippen molar-refractivity contribution in [2.24, 2.45) is 0 Å². The Labute approximate surface area is 200 Å². The Kier molecular flexibility index (Phi) is 6.67.